The highest BCUT2D eigenvalue weighted by Crippen LogP contribution is 2.26. The summed E-state index contributed by atoms with van der Waals surface area (Å²) < 4.78 is 12.6. The van der Waals surface area contributed by atoms with E-state index in [9.17, 15) is 19.2 Å². The topological polar surface area (TPSA) is 98.2 Å². The third-order valence-electron chi connectivity index (χ3n) is 4.77. The molecule has 0 bridgehead atoms. The van der Waals surface area contributed by atoms with Crippen molar-refractivity contribution < 1.29 is 23.9 Å². The number of carbonyl (C=O) groups excluding carboxylic acids is 3. The van der Waals surface area contributed by atoms with E-state index in [-0.39, 0.29) is 30.4 Å². The molecule has 1 aromatic carbocycles. The zero-order chi connectivity index (χ0) is 24.2. The molecule has 1 aliphatic rings. The van der Waals surface area contributed by atoms with Crippen LogP contribution in [0.25, 0.3) is 6.08 Å². The van der Waals surface area contributed by atoms with E-state index in [2.05, 4.69) is 0 Å². The maximum Gasteiger partial charge on any atom is 0.431 e. The molecule has 3 rings (SSSR count). The fourth-order valence-corrected chi connectivity index (χ4v) is 3.31. The number of allylic oxidation sites excluding steroid dienone is 1. The van der Waals surface area contributed by atoms with Crippen LogP contribution in [-0.2, 0) is 16.1 Å². The van der Waals surface area contributed by atoms with E-state index in [0.717, 1.165) is 5.56 Å². The van der Waals surface area contributed by atoms with Crippen LogP contribution in [-0.4, -0.2) is 46.7 Å². The third-order valence-corrected chi connectivity index (χ3v) is 4.77. The normalized spacial score (nSPS) is 13.8. The molecular formula is C24H27N3O6. The lowest BCUT2D eigenvalue weighted by atomic mass is 10.2. The van der Waals surface area contributed by atoms with Gasteiger partial charge in [0.1, 0.15) is 25.2 Å². The Labute approximate surface area is 191 Å². The Kier molecular flexibility index (Phi) is 7.01. The number of nitrogens with zero attached hydrogens (tertiary/aromatic N) is 3. The zero-order valence-corrected chi connectivity index (χ0v) is 19.1. The second-order valence-electron chi connectivity index (χ2n) is 8.37. The first-order chi connectivity index (χ1) is 15.7. The summed E-state index contributed by atoms with van der Waals surface area (Å²) in [6.07, 6.45) is 2.35. The lowest BCUT2D eigenvalue weighted by Gasteiger charge is -2.39. The van der Waals surface area contributed by atoms with Crippen LogP contribution in [0.1, 0.15) is 49.4 Å². The number of rotatable bonds is 6. The van der Waals surface area contributed by atoms with Gasteiger partial charge >= 0.3 is 6.09 Å². The molecule has 1 aromatic heterocycles. The van der Waals surface area contributed by atoms with Crippen molar-refractivity contribution >= 4 is 24.4 Å². The number of amides is 2. The van der Waals surface area contributed by atoms with Crippen LogP contribution in [0.3, 0.4) is 0 Å². The summed E-state index contributed by atoms with van der Waals surface area (Å²) in [5, 5.41) is 1.21. The van der Waals surface area contributed by atoms with Crippen LogP contribution in [0.15, 0.2) is 47.3 Å². The average Bonchev–Trinajstić information content (AvgIpc) is 2.76. The maximum atomic E-state index is 13.3. The van der Waals surface area contributed by atoms with Gasteiger partial charge in [-0.2, -0.15) is 5.01 Å². The van der Waals surface area contributed by atoms with Gasteiger partial charge < -0.3 is 14.4 Å². The minimum Gasteiger partial charge on any atom is -0.482 e. The highest BCUT2D eigenvalue weighted by Gasteiger charge is 2.38. The molecule has 174 valence electrons. The van der Waals surface area contributed by atoms with Gasteiger partial charge in [0.15, 0.2) is 11.4 Å². The van der Waals surface area contributed by atoms with E-state index < -0.39 is 23.0 Å². The van der Waals surface area contributed by atoms with Gasteiger partial charge in [0.25, 0.3) is 5.91 Å². The lowest BCUT2D eigenvalue weighted by molar-refractivity contribution is -0.104. The standard InChI is InChI=1S/C24H27N3O6/c1-5-25-16-26(23(31)33-24(2,3)4)27-18(12-9-13-28)14-19(29)21(20(27)22(25)30)32-15-17-10-7-6-8-11-17/h6-14H,5,15-16H2,1-4H3/b12-9-. The lowest BCUT2D eigenvalue weighted by Crippen LogP contribution is -2.58. The molecule has 33 heavy (non-hydrogen) atoms. The van der Waals surface area contributed by atoms with E-state index in [1.54, 1.807) is 27.7 Å². The first kappa shape index (κ1) is 23.8. The minimum absolute atomic E-state index is 0.0540. The third kappa shape index (κ3) is 5.31. The number of benzene rings is 1. The van der Waals surface area contributed by atoms with Crippen molar-refractivity contribution in [2.45, 2.75) is 39.9 Å². The SMILES string of the molecule is CCN1CN(C(=O)OC(C)(C)C)n2c(/C=C\C=O)cc(=O)c(OCc3ccccc3)c2C1=O. The minimum atomic E-state index is -0.791. The summed E-state index contributed by atoms with van der Waals surface area (Å²) in [6.45, 7) is 7.19. The van der Waals surface area contributed by atoms with Gasteiger partial charge in [0, 0.05) is 12.6 Å². The molecule has 0 saturated heterocycles. The van der Waals surface area contributed by atoms with E-state index >= 15 is 0 Å². The van der Waals surface area contributed by atoms with Gasteiger partial charge in [-0.3, -0.25) is 14.4 Å². The molecule has 9 heteroatoms. The number of aldehydes is 1. The first-order valence-electron chi connectivity index (χ1n) is 10.5. The molecule has 2 amide bonds. The smallest absolute Gasteiger partial charge is 0.431 e. The van der Waals surface area contributed by atoms with Gasteiger partial charge in [-0.25, -0.2) is 9.47 Å². The van der Waals surface area contributed by atoms with E-state index in [1.807, 2.05) is 30.3 Å². The zero-order valence-electron chi connectivity index (χ0n) is 19.1. The molecule has 0 fully saturated rings. The Bertz CT molecular complexity index is 1130. The Hall–Kier alpha value is -3.88. The summed E-state index contributed by atoms with van der Waals surface area (Å²) in [5.74, 6) is -0.655. The quantitative estimate of drug-likeness (QED) is 0.493. The molecule has 0 radical (unpaired) electrons. The van der Waals surface area contributed by atoms with E-state index in [0.29, 0.717) is 12.8 Å². The molecule has 0 unspecified atom stereocenters. The highest BCUT2D eigenvalue weighted by atomic mass is 16.6. The average molecular weight is 453 g/mol. The first-order valence-corrected chi connectivity index (χ1v) is 10.5. The van der Waals surface area contributed by atoms with Crippen molar-refractivity contribution in [3.63, 3.8) is 0 Å². The number of carbonyl (C=O) groups is 3. The molecule has 0 saturated carbocycles. The molecule has 0 spiro atoms. The van der Waals surface area contributed by atoms with E-state index in [4.69, 9.17) is 9.47 Å². The number of fused-ring (bicyclic) bond motifs is 1. The van der Waals surface area contributed by atoms with Crippen molar-refractivity contribution in [2.24, 2.45) is 0 Å². The van der Waals surface area contributed by atoms with Crippen molar-refractivity contribution in [3.8, 4) is 5.75 Å². The summed E-state index contributed by atoms with van der Waals surface area (Å²) >= 11 is 0. The van der Waals surface area contributed by atoms with Gasteiger partial charge in [0.05, 0.1) is 5.69 Å². The fraction of sp³-hybridized carbons (Fsp3) is 0.333. The predicted molar refractivity (Wildman–Crippen MR) is 123 cm³/mol. The van der Waals surface area contributed by atoms with Crippen LogP contribution in [0.2, 0.25) is 0 Å². The van der Waals surface area contributed by atoms with Gasteiger partial charge in [-0.1, -0.05) is 30.3 Å². The number of hydrogen-bond donors (Lipinski definition) is 0. The Balaban J connectivity index is 2.19. The number of ether oxygens (including phenoxy) is 2. The molecule has 2 heterocycles. The fourth-order valence-electron chi connectivity index (χ4n) is 3.31. The Morgan fingerprint density at radius 1 is 1.15 bits per heavy atom. The molecule has 0 atom stereocenters. The van der Waals surface area contributed by atoms with Gasteiger partial charge in [-0.15, -0.1) is 0 Å². The Morgan fingerprint density at radius 3 is 2.45 bits per heavy atom. The van der Waals surface area contributed by atoms with Crippen molar-refractivity contribution in [3.05, 3.63) is 69.6 Å². The van der Waals surface area contributed by atoms with E-state index in [1.165, 1.54) is 32.8 Å². The summed E-state index contributed by atoms with van der Waals surface area (Å²) in [5.41, 5.74) is -0.467. The van der Waals surface area contributed by atoms with Crippen molar-refractivity contribution in [2.75, 3.05) is 18.2 Å². The molecular weight excluding hydrogens is 426 g/mol. The monoisotopic (exact) mass is 453 g/mol. The summed E-state index contributed by atoms with van der Waals surface area (Å²) in [7, 11) is 0. The predicted octanol–water partition coefficient (Wildman–Crippen LogP) is 2.95. The number of pyridine rings is 1. The molecule has 0 aliphatic carbocycles. The van der Waals surface area contributed by atoms with Crippen molar-refractivity contribution in [1.82, 2.24) is 9.58 Å². The highest BCUT2D eigenvalue weighted by molar-refractivity contribution is 5.98. The molecule has 0 N–H and O–H groups in total. The summed E-state index contributed by atoms with van der Waals surface area (Å²) in [4.78, 5) is 51.7. The molecule has 9 nitrogen and oxygen atoms in total. The second kappa shape index (κ2) is 9.72. The second-order valence-corrected chi connectivity index (χ2v) is 8.37. The van der Waals surface area contributed by atoms with Gasteiger partial charge in [-0.05, 0) is 45.4 Å². The van der Waals surface area contributed by atoms with Crippen LogP contribution < -0.4 is 15.2 Å². The van der Waals surface area contributed by atoms with Crippen molar-refractivity contribution in [1.29, 1.82) is 0 Å². The van der Waals surface area contributed by atoms with Crippen LogP contribution in [0.5, 0.6) is 5.75 Å². The number of hydrogen-bond acceptors (Lipinski definition) is 6. The van der Waals surface area contributed by atoms with Crippen LogP contribution in [0, 0.1) is 0 Å². The Morgan fingerprint density at radius 2 is 1.85 bits per heavy atom. The number of aromatic nitrogens is 1. The summed E-state index contributed by atoms with van der Waals surface area (Å²) in [6, 6.07) is 10.4. The van der Waals surface area contributed by atoms with Crippen LogP contribution in [0.4, 0.5) is 4.79 Å². The van der Waals surface area contributed by atoms with Gasteiger partial charge in [0.2, 0.25) is 5.43 Å². The largest absolute Gasteiger partial charge is 0.482 e. The maximum absolute atomic E-state index is 13.3. The molecule has 1 aliphatic heterocycles. The molecule has 2 aromatic rings. The van der Waals surface area contributed by atoms with Crippen LogP contribution >= 0.6 is 0 Å².